The lowest BCUT2D eigenvalue weighted by Crippen LogP contribution is -2.39. The van der Waals surface area contributed by atoms with Crippen molar-refractivity contribution in [3.05, 3.63) is 28.4 Å². The van der Waals surface area contributed by atoms with Crippen LogP contribution in [0.15, 0.2) is 18.3 Å². The number of aromatic nitrogens is 1. The summed E-state index contributed by atoms with van der Waals surface area (Å²) in [6.45, 7) is 6.36. The molecule has 0 aliphatic rings. The number of hydrogen-bond acceptors (Lipinski definition) is 5. The maximum atomic E-state index is 11.7. The second kappa shape index (κ2) is 6.67. The topological polar surface area (TPSA) is 97.2 Å². The maximum absolute atomic E-state index is 11.7. The summed E-state index contributed by atoms with van der Waals surface area (Å²) in [4.78, 5) is 25.3. The Morgan fingerprint density at radius 1 is 1.42 bits per heavy atom. The predicted octanol–water partition coefficient (Wildman–Crippen LogP) is 1.56. The Hall–Kier alpha value is -2.18. The molecule has 7 heteroatoms. The molecule has 1 aromatic heterocycles. The van der Waals surface area contributed by atoms with E-state index in [1.165, 1.54) is 18.3 Å². The Morgan fingerprint density at radius 2 is 2.11 bits per heavy atom. The number of rotatable bonds is 6. The molecule has 0 saturated carbocycles. The number of hydrogen-bond donors (Lipinski definition) is 2. The van der Waals surface area contributed by atoms with Crippen LogP contribution in [0.2, 0.25) is 0 Å². The zero-order valence-electron chi connectivity index (χ0n) is 11.2. The Kier molecular flexibility index (Phi) is 5.23. The van der Waals surface area contributed by atoms with Gasteiger partial charge in [0, 0.05) is 12.6 Å². The van der Waals surface area contributed by atoms with Crippen LogP contribution in [-0.2, 0) is 4.79 Å². The van der Waals surface area contributed by atoms with Crippen LogP contribution in [0.4, 0.5) is 11.5 Å². The first-order valence-electron chi connectivity index (χ1n) is 6.05. The van der Waals surface area contributed by atoms with Crippen molar-refractivity contribution >= 4 is 17.4 Å². The largest absolute Gasteiger partial charge is 0.371 e. The molecule has 0 aromatic carbocycles. The van der Waals surface area contributed by atoms with Crippen molar-refractivity contribution in [2.75, 3.05) is 11.9 Å². The summed E-state index contributed by atoms with van der Waals surface area (Å²) in [5, 5.41) is 16.2. The molecule has 0 bridgehead atoms. The van der Waals surface area contributed by atoms with Gasteiger partial charge in [-0.1, -0.05) is 13.8 Å². The van der Waals surface area contributed by atoms with E-state index in [9.17, 15) is 14.9 Å². The molecule has 1 heterocycles. The van der Waals surface area contributed by atoms with Gasteiger partial charge in [-0.2, -0.15) is 0 Å². The van der Waals surface area contributed by atoms with Crippen LogP contribution in [-0.4, -0.2) is 28.4 Å². The van der Waals surface area contributed by atoms with Crippen LogP contribution in [0, 0.1) is 16.0 Å². The van der Waals surface area contributed by atoms with Crippen LogP contribution in [0.3, 0.4) is 0 Å². The van der Waals surface area contributed by atoms with Gasteiger partial charge in [-0.15, -0.1) is 0 Å². The molecule has 2 N–H and O–H groups in total. The molecule has 104 valence electrons. The molecule has 19 heavy (non-hydrogen) atoms. The lowest BCUT2D eigenvalue weighted by atomic mass is 10.2. The zero-order valence-corrected chi connectivity index (χ0v) is 11.2. The van der Waals surface area contributed by atoms with Crippen LogP contribution in [0.25, 0.3) is 0 Å². The highest BCUT2D eigenvalue weighted by molar-refractivity contribution is 5.84. The molecule has 1 atom stereocenters. The summed E-state index contributed by atoms with van der Waals surface area (Å²) < 4.78 is 0. The number of nitrogens with one attached hydrogen (secondary N) is 2. The second-order valence-corrected chi connectivity index (χ2v) is 4.67. The third kappa shape index (κ3) is 4.90. The van der Waals surface area contributed by atoms with E-state index in [1.807, 2.05) is 13.8 Å². The maximum Gasteiger partial charge on any atom is 0.363 e. The molecule has 1 rings (SSSR count). The number of carbonyl (C=O) groups excluding carboxylic acids is 1. The number of carbonyl (C=O) groups is 1. The minimum absolute atomic E-state index is 0.118. The molecule has 0 spiro atoms. The standard InChI is InChI=1S/C12H18N4O3/c1-8(2)6-14-12(17)9(3)15-10-4-5-11(13-7-10)16(18)19/h4-5,7-9,15H,6H2,1-3H3,(H,14,17). The third-order valence-electron chi connectivity index (χ3n) is 2.40. The summed E-state index contributed by atoms with van der Waals surface area (Å²) in [5.74, 6) is 0.0479. The molecule has 1 unspecified atom stereocenters. The Balaban J connectivity index is 2.54. The van der Waals surface area contributed by atoms with E-state index in [2.05, 4.69) is 15.6 Å². The van der Waals surface area contributed by atoms with Gasteiger partial charge < -0.3 is 20.7 Å². The highest BCUT2D eigenvalue weighted by Crippen LogP contribution is 2.12. The first-order chi connectivity index (χ1) is 8.90. The number of amides is 1. The van der Waals surface area contributed by atoms with Gasteiger partial charge in [-0.25, -0.2) is 0 Å². The van der Waals surface area contributed by atoms with Crippen molar-refractivity contribution in [3.63, 3.8) is 0 Å². The Bertz CT molecular complexity index is 445. The van der Waals surface area contributed by atoms with Gasteiger partial charge in [0.2, 0.25) is 5.91 Å². The fourth-order valence-corrected chi connectivity index (χ4v) is 1.35. The monoisotopic (exact) mass is 266 g/mol. The van der Waals surface area contributed by atoms with Gasteiger partial charge >= 0.3 is 5.82 Å². The van der Waals surface area contributed by atoms with Crippen LogP contribution >= 0.6 is 0 Å². The minimum Gasteiger partial charge on any atom is -0.371 e. The molecule has 1 aromatic rings. The van der Waals surface area contributed by atoms with Crippen molar-refractivity contribution in [3.8, 4) is 0 Å². The second-order valence-electron chi connectivity index (χ2n) is 4.67. The number of anilines is 1. The average molecular weight is 266 g/mol. The van der Waals surface area contributed by atoms with E-state index < -0.39 is 11.0 Å². The van der Waals surface area contributed by atoms with Gasteiger partial charge in [0.25, 0.3) is 0 Å². The molecular weight excluding hydrogens is 248 g/mol. The van der Waals surface area contributed by atoms with Crippen molar-refractivity contribution in [1.82, 2.24) is 10.3 Å². The van der Waals surface area contributed by atoms with Crippen LogP contribution in [0.5, 0.6) is 0 Å². The van der Waals surface area contributed by atoms with Crippen molar-refractivity contribution in [2.45, 2.75) is 26.8 Å². The fourth-order valence-electron chi connectivity index (χ4n) is 1.35. The Labute approximate surface area is 111 Å². The molecule has 0 aliphatic carbocycles. The first-order valence-corrected chi connectivity index (χ1v) is 6.05. The fraction of sp³-hybridized carbons (Fsp3) is 0.500. The Morgan fingerprint density at radius 3 is 2.58 bits per heavy atom. The average Bonchev–Trinajstić information content (AvgIpc) is 2.36. The summed E-state index contributed by atoms with van der Waals surface area (Å²) in [5.41, 5.74) is 0.567. The highest BCUT2D eigenvalue weighted by Gasteiger charge is 2.14. The molecule has 7 nitrogen and oxygen atoms in total. The van der Waals surface area contributed by atoms with Gasteiger partial charge in [-0.05, 0) is 28.8 Å². The van der Waals surface area contributed by atoms with E-state index in [1.54, 1.807) is 6.92 Å². The minimum atomic E-state index is -0.567. The number of nitro groups is 1. The molecule has 0 fully saturated rings. The van der Waals surface area contributed by atoms with E-state index in [0.717, 1.165) is 0 Å². The van der Waals surface area contributed by atoms with Crippen molar-refractivity contribution in [1.29, 1.82) is 0 Å². The van der Waals surface area contributed by atoms with E-state index >= 15 is 0 Å². The van der Waals surface area contributed by atoms with Crippen LogP contribution < -0.4 is 10.6 Å². The van der Waals surface area contributed by atoms with Crippen molar-refractivity contribution in [2.24, 2.45) is 5.92 Å². The van der Waals surface area contributed by atoms with E-state index in [4.69, 9.17) is 0 Å². The molecule has 0 aliphatic heterocycles. The summed E-state index contributed by atoms with van der Waals surface area (Å²) >= 11 is 0. The van der Waals surface area contributed by atoms with Gasteiger partial charge in [0.1, 0.15) is 6.04 Å². The molecular formula is C12H18N4O3. The summed E-state index contributed by atoms with van der Waals surface area (Å²) in [7, 11) is 0. The lowest BCUT2D eigenvalue weighted by Gasteiger charge is -2.15. The quantitative estimate of drug-likeness (QED) is 0.601. The van der Waals surface area contributed by atoms with E-state index in [0.29, 0.717) is 18.2 Å². The molecule has 0 saturated heterocycles. The number of nitrogens with zero attached hydrogens (tertiary/aromatic N) is 2. The molecule has 1 amide bonds. The number of pyridine rings is 1. The lowest BCUT2D eigenvalue weighted by molar-refractivity contribution is -0.389. The summed E-state index contributed by atoms with van der Waals surface area (Å²) in [6, 6.07) is 2.39. The van der Waals surface area contributed by atoms with Gasteiger partial charge in [0.05, 0.1) is 5.69 Å². The molecule has 0 radical (unpaired) electrons. The first kappa shape index (κ1) is 14.9. The predicted molar refractivity (Wildman–Crippen MR) is 71.8 cm³/mol. The summed E-state index contributed by atoms with van der Waals surface area (Å²) in [6.07, 6.45) is 1.34. The normalized spacial score (nSPS) is 12.0. The van der Waals surface area contributed by atoms with Crippen LogP contribution in [0.1, 0.15) is 20.8 Å². The van der Waals surface area contributed by atoms with E-state index in [-0.39, 0.29) is 11.7 Å². The highest BCUT2D eigenvalue weighted by atomic mass is 16.6. The van der Waals surface area contributed by atoms with Gasteiger partial charge in [-0.3, -0.25) is 4.79 Å². The van der Waals surface area contributed by atoms with Crippen molar-refractivity contribution < 1.29 is 9.72 Å². The smallest absolute Gasteiger partial charge is 0.363 e. The zero-order chi connectivity index (χ0) is 14.4. The SMILES string of the molecule is CC(C)CNC(=O)C(C)Nc1ccc([N+](=O)[O-])nc1. The third-order valence-corrected chi connectivity index (χ3v) is 2.40. The van der Waals surface area contributed by atoms with Gasteiger partial charge in [0.15, 0.2) is 6.20 Å².